The van der Waals surface area contributed by atoms with E-state index in [2.05, 4.69) is 5.32 Å². The number of ether oxygens (including phenoxy) is 2. The summed E-state index contributed by atoms with van der Waals surface area (Å²) in [6.07, 6.45) is -1.08. The summed E-state index contributed by atoms with van der Waals surface area (Å²) >= 11 is 0. The Morgan fingerprint density at radius 3 is 2.29 bits per heavy atom. The summed E-state index contributed by atoms with van der Waals surface area (Å²) < 4.78 is 48.5. The van der Waals surface area contributed by atoms with Gasteiger partial charge in [-0.15, -0.1) is 0 Å². The lowest BCUT2D eigenvalue weighted by Crippen LogP contribution is -2.22. The molecule has 0 heterocycles. The van der Waals surface area contributed by atoms with Gasteiger partial charge < -0.3 is 30.1 Å². The van der Waals surface area contributed by atoms with Crippen molar-refractivity contribution in [3.8, 4) is 5.75 Å². The van der Waals surface area contributed by atoms with E-state index in [0.29, 0.717) is 43.1 Å². The van der Waals surface area contributed by atoms with Crippen LogP contribution in [0.4, 0.5) is 13.2 Å². The molecule has 0 bridgehead atoms. The van der Waals surface area contributed by atoms with Gasteiger partial charge in [0.15, 0.2) is 0 Å². The summed E-state index contributed by atoms with van der Waals surface area (Å²) in [6.45, 7) is 2.59. The fraction of sp³-hybridized carbons (Fsp3) is 0.520. The van der Waals surface area contributed by atoms with E-state index < -0.39 is 17.8 Å². The third kappa shape index (κ3) is 10.4. The van der Waals surface area contributed by atoms with Gasteiger partial charge in [0, 0.05) is 18.7 Å². The molecule has 0 aliphatic rings. The maximum absolute atomic E-state index is 12.5. The van der Waals surface area contributed by atoms with E-state index in [9.17, 15) is 28.5 Å². The molecule has 0 aromatic heterocycles. The fourth-order valence-corrected chi connectivity index (χ4v) is 3.30. The van der Waals surface area contributed by atoms with Crippen LogP contribution in [0, 0.1) is 0 Å². The minimum Gasteiger partial charge on any atom is -0.508 e. The molecule has 0 aliphatic carbocycles. The first-order valence-corrected chi connectivity index (χ1v) is 11.4. The van der Waals surface area contributed by atoms with E-state index in [0.717, 1.165) is 44.4 Å². The van der Waals surface area contributed by atoms with Gasteiger partial charge in [-0.1, -0.05) is 31.0 Å². The fourth-order valence-electron chi connectivity index (χ4n) is 3.30. The van der Waals surface area contributed by atoms with Gasteiger partial charge in [0.25, 0.3) is 0 Å². The van der Waals surface area contributed by atoms with E-state index in [4.69, 9.17) is 9.47 Å². The number of hydrogen-bond donors (Lipinski definition) is 4. The first-order valence-electron chi connectivity index (χ1n) is 11.4. The normalized spacial score (nSPS) is 12.7. The van der Waals surface area contributed by atoms with E-state index in [-0.39, 0.29) is 19.0 Å². The quantitative estimate of drug-likeness (QED) is 0.265. The molecule has 1 atom stereocenters. The maximum atomic E-state index is 12.5. The van der Waals surface area contributed by atoms with Crippen LogP contribution in [-0.2, 0) is 28.9 Å². The van der Waals surface area contributed by atoms with Gasteiger partial charge in [-0.25, -0.2) is 0 Å². The average molecular weight is 486 g/mol. The lowest BCUT2D eigenvalue weighted by atomic mass is 10.1. The van der Waals surface area contributed by atoms with Crippen LogP contribution in [0.2, 0.25) is 0 Å². The zero-order chi connectivity index (χ0) is 24.8. The standard InChI is InChI=1S/C25H34F3NO5/c26-25(27,28)22-8-5-19(6-9-22)18-34-14-13-33-12-4-2-1-3-11-29-16-24(32)20-7-10-23(31)21(15-20)17-30/h5-10,15,24,29-32H,1-4,11-14,16-18H2/t24-/m0/s1. The summed E-state index contributed by atoms with van der Waals surface area (Å²) in [4.78, 5) is 0. The van der Waals surface area contributed by atoms with Crippen LogP contribution in [0.3, 0.4) is 0 Å². The Bertz CT molecular complexity index is 830. The van der Waals surface area contributed by atoms with Crippen molar-refractivity contribution in [1.82, 2.24) is 5.32 Å². The summed E-state index contributed by atoms with van der Waals surface area (Å²) in [5, 5.41) is 32.2. The molecule has 0 unspecified atom stereocenters. The van der Waals surface area contributed by atoms with Crippen LogP contribution in [-0.4, -0.2) is 48.2 Å². The van der Waals surface area contributed by atoms with Gasteiger partial charge >= 0.3 is 6.18 Å². The molecule has 2 aromatic rings. The molecule has 0 aliphatic heterocycles. The second-order valence-electron chi connectivity index (χ2n) is 8.04. The lowest BCUT2D eigenvalue weighted by Gasteiger charge is -2.14. The molecule has 0 saturated heterocycles. The zero-order valence-corrected chi connectivity index (χ0v) is 19.2. The Morgan fingerprint density at radius 2 is 1.59 bits per heavy atom. The molecular formula is C25H34F3NO5. The summed E-state index contributed by atoms with van der Waals surface area (Å²) in [6, 6.07) is 9.64. The predicted molar refractivity (Wildman–Crippen MR) is 122 cm³/mol. The number of unbranched alkanes of at least 4 members (excludes halogenated alkanes) is 3. The molecule has 34 heavy (non-hydrogen) atoms. The molecule has 2 rings (SSSR count). The largest absolute Gasteiger partial charge is 0.508 e. The van der Waals surface area contributed by atoms with Gasteiger partial charge in [0.2, 0.25) is 0 Å². The van der Waals surface area contributed by atoms with Crippen molar-refractivity contribution in [2.24, 2.45) is 0 Å². The maximum Gasteiger partial charge on any atom is 0.416 e. The zero-order valence-electron chi connectivity index (χ0n) is 19.2. The molecule has 0 radical (unpaired) electrons. The van der Waals surface area contributed by atoms with Crippen LogP contribution in [0.5, 0.6) is 5.75 Å². The monoisotopic (exact) mass is 485 g/mol. The topological polar surface area (TPSA) is 91.2 Å². The highest BCUT2D eigenvalue weighted by molar-refractivity contribution is 5.36. The van der Waals surface area contributed by atoms with Crippen molar-refractivity contribution in [2.75, 3.05) is 32.9 Å². The van der Waals surface area contributed by atoms with Crippen LogP contribution in [0.25, 0.3) is 0 Å². The first-order chi connectivity index (χ1) is 16.3. The highest BCUT2D eigenvalue weighted by Gasteiger charge is 2.29. The number of hydrogen-bond acceptors (Lipinski definition) is 6. The van der Waals surface area contributed by atoms with Gasteiger partial charge in [-0.2, -0.15) is 13.2 Å². The smallest absolute Gasteiger partial charge is 0.416 e. The van der Waals surface area contributed by atoms with Crippen LogP contribution >= 0.6 is 0 Å². The van der Waals surface area contributed by atoms with Gasteiger partial charge in [0.05, 0.1) is 38.1 Å². The second-order valence-corrected chi connectivity index (χ2v) is 8.04. The number of rotatable bonds is 16. The molecule has 0 fully saturated rings. The Labute approximate surface area is 198 Å². The first kappa shape index (κ1) is 28.1. The van der Waals surface area contributed by atoms with Crippen molar-refractivity contribution in [1.29, 1.82) is 0 Å². The van der Waals surface area contributed by atoms with Crippen LogP contribution in [0.15, 0.2) is 42.5 Å². The second kappa shape index (κ2) is 15.0. The molecule has 0 amide bonds. The third-order valence-corrected chi connectivity index (χ3v) is 5.31. The Kier molecular flexibility index (Phi) is 12.3. The van der Waals surface area contributed by atoms with Crippen molar-refractivity contribution in [3.63, 3.8) is 0 Å². The number of alkyl halides is 3. The molecule has 9 heteroatoms. The highest BCUT2D eigenvalue weighted by Crippen LogP contribution is 2.29. The molecule has 6 nitrogen and oxygen atoms in total. The van der Waals surface area contributed by atoms with E-state index in [1.54, 1.807) is 12.1 Å². The Balaban J connectivity index is 1.41. The van der Waals surface area contributed by atoms with Crippen LogP contribution in [0.1, 0.15) is 54.0 Å². The number of benzene rings is 2. The number of halogens is 3. The number of aromatic hydroxyl groups is 1. The van der Waals surface area contributed by atoms with E-state index in [1.165, 1.54) is 18.2 Å². The number of aliphatic hydroxyl groups is 2. The lowest BCUT2D eigenvalue weighted by molar-refractivity contribution is -0.137. The summed E-state index contributed by atoms with van der Waals surface area (Å²) in [5.74, 6) is 0.0149. The Morgan fingerprint density at radius 1 is 0.882 bits per heavy atom. The number of phenols is 1. The minimum absolute atomic E-state index is 0.0149. The molecule has 0 saturated carbocycles. The average Bonchev–Trinajstić information content (AvgIpc) is 2.82. The number of nitrogens with one attached hydrogen (secondary N) is 1. The predicted octanol–water partition coefficient (Wildman–Crippen LogP) is 4.32. The van der Waals surface area contributed by atoms with E-state index in [1.807, 2.05) is 0 Å². The SMILES string of the molecule is OCc1cc([C@@H](O)CNCCCCCCOCCOCc2ccc(C(F)(F)F)cc2)ccc1O. The molecule has 190 valence electrons. The third-order valence-electron chi connectivity index (χ3n) is 5.31. The van der Waals surface area contributed by atoms with Crippen LogP contribution < -0.4 is 5.32 Å². The molecule has 4 N–H and O–H groups in total. The highest BCUT2D eigenvalue weighted by atomic mass is 19.4. The van der Waals surface area contributed by atoms with Crippen molar-refractivity contribution in [3.05, 3.63) is 64.7 Å². The minimum atomic E-state index is -4.33. The Hall–Kier alpha value is -2.17. The molecule has 2 aromatic carbocycles. The molecular weight excluding hydrogens is 451 g/mol. The number of aliphatic hydroxyl groups excluding tert-OH is 2. The van der Waals surface area contributed by atoms with Crippen molar-refractivity contribution < 1.29 is 38.0 Å². The van der Waals surface area contributed by atoms with E-state index >= 15 is 0 Å². The van der Waals surface area contributed by atoms with Gasteiger partial charge in [-0.05, 0) is 54.8 Å². The van der Waals surface area contributed by atoms with Crippen molar-refractivity contribution in [2.45, 2.75) is 51.2 Å². The van der Waals surface area contributed by atoms with Gasteiger partial charge in [0.1, 0.15) is 5.75 Å². The van der Waals surface area contributed by atoms with Gasteiger partial charge in [-0.3, -0.25) is 0 Å². The summed E-state index contributed by atoms with van der Waals surface area (Å²) in [7, 11) is 0. The summed E-state index contributed by atoms with van der Waals surface area (Å²) in [5.41, 5.74) is 1.06. The molecule has 0 spiro atoms. The van der Waals surface area contributed by atoms with Crippen molar-refractivity contribution >= 4 is 0 Å².